The quantitative estimate of drug-likeness (QED) is 0.332. The van der Waals surface area contributed by atoms with Crippen molar-refractivity contribution in [1.29, 1.82) is 0 Å². The second-order valence-electron chi connectivity index (χ2n) is 1.86. The van der Waals surface area contributed by atoms with Gasteiger partial charge in [0.05, 0.1) is 0 Å². The maximum absolute atomic E-state index is 3.76. The molecule has 1 nitrogen and oxygen atoms in total. The summed E-state index contributed by atoms with van der Waals surface area (Å²) in [6, 6.07) is 0.403. The largest absolute Gasteiger partial charge is 1.00 e. The third kappa shape index (κ3) is 9.75. The van der Waals surface area contributed by atoms with Gasteiger partial charge in [0, 0.05) is 0 Å². The fraction of sp³-hybridized carbons (Fsp3) is 0.833. The smallest absolute Gasteiger partial charge is 0.344 e. The zero-order valence-electron chi connectivity index (χ0n) is 6.20. The predicted octanol–water partition coefficient (Wildman–Crippen LogP) is -1.79. The van der Waals surface area contributed by atoms with Crippen LogP contribution in [0.1, 0.15) is 20.3 Å². The van der Waals surface area contributed by atoms with Crippen LogP contribution in [0.15, 0.2) is 0 Å². The van der Waals surface area contributed by atoms with Crippen molar-refractivity contribution in [3.8, 4) is 0 Å². The van der Waals surface area contributed by atoms with Crippen LogP contribution in [0.25, 0.3) is 0 Å². The Morgan fingerprint density at radius 2 is 2.12 bits per heavy atom. The summed E-state index contributed by atoms with van der Waals surface area (Å²) >= 11 is 0. The SMILES string of the molecule is [CH2-]C(C)NCCC.[Li+]. The molecule has 1 atom stereocenters. The molecular formula is C6H14LiN. The van der Waals surface area contributed by atoms with Crippen molar-refractivity contribution in [1.82, 2.24) is 5.32 Å². The van der Waals surface area contributed by atoms with Crippen molar-refractivity contribution < 1.29 is 18.9 Å². The summed E-state index contributed by atoms with van der Waals surface area (Å²) in [4.78, 5) is 0. The van der Waals surface area contributed by atoms with E-state index in [1.54, 1.807) is 0 Å². The summed E-state index contributed by atoms with van der Waals surface area (Å²) in [6.07, 6.45) is 1.19. The van der Waals surface area contributed by atoms with Gasteiger partial charge in [0.25, 0.3) is 0 Å². The standard InChI is InChI=1S/C6H14N.Li/c1-4-5-7-6(2)3;/h6-7H,2,4-5H2,1,3H3;/q-1;+1. The van der Waals surface area contributed by atoms with Crippen molar-refractivity contribution in [2.75, 3.05) is 6.54 Å². The van der Waals surface area contributed by atoms with Crippen molar-refractivity contribution in [2.45, 2.75) is 26.3 Å². The van der Waals surface area contributed by atoms with E-state index in [0.717, 1.165) is 6.54 Å². The molecule has 8 heavy (non-hydrogen) atoms. The minimum atomic E-state index is 0. The predicted molar refractivity (Wildman–Crippen MR) is 33.1 cm³/mol. The van der Waals surface area contributed by atoms with Gasteiger partial charge in [-0.05, 0) is 13.0 Å². The van der Waals surface area contributed by atoms with Crippen LogP contribution in [0.4, 0.5) is 0 Å². The molecule has 0 aliphatic rings. The molecule has 0 bridgehead atoms. The van der Waals surface area contributed by atoms with Crippen LogP contribution < -0.4 is 24.2 Å². The van der Waals surface area contributed by atoms with Gasteiger partial charge >= 0.3 is 18.9 Å². The molecule has 1 unspecified atom stereocenters. The average molecular weight is 107 g/mol. The fourth-order valence-electron chi connectivity index (χ4n) is 0.391. The van der Waals surface area contributed by atoms with E-state index in [1.165, 1.54) is 6.42 Å². The molecule has 0 aromatic carbocycles. The second kappa shape index (κ2) is 7.56. The van der Waals surface area contributed by atoms with E-state index in [1.807, 2.05) is 0 Å². The van der Waals surface area contributed by atoms with Crippen molar-refractivity contribution in [3.63, 3.8) is 0 Å². The molecule has 0 saturated heterocycles. The van der Waals surface area contributed by atoms with E-state index >= 15 is 0 Å². The normalized spacial score (nSPS) is 12.4. The topological polar surface area (TPSA) is 12.0 Å². The molecule has 0 aliphatic carbocycles. The molecule has 44 valence electrons. The van der Waals surface area contributed by atoms with Crippen molar-refractivity contribution >= 4 is 0 Å². The zero-order chi connectivity index (χ0) is 5.70. The van der Waals surface area contributed by atoms with Gasteiger partial charge in [0.2, 0.25) is 0 Å². The minimum Gasteiger partial charge on any atom is -0.344 e. The Kier molecular flexibility index (Phi) is 10.7. The first-order valence-corrected chi connectivity index (χ1v) is 2.83. The summed E-state index contributed by atoms with van der Waals surface area (Å²) in [5, 5.41) is 3.18. The molecule has 0 heterocycles. The summed E-state index contributed by atoms with van der Waals surface area (Å²) in [5.41, 5.74) is 0. The summed E-state index contributed by atoms with van der Waals surface area (Å²) in [6.45, 7) is 9.05. The van der Waals surface area contributed by atoms with E-state index in [9.17, 15) is 0 Å². The molecule has 0 amide bonds. The van der Waals surface area contributed by atoms with Crippen LogP contribution in [0.5, 0.6) is 0 Å². The van der Waals surface area contributed by atoms with E-state index < -0.39 is 0 Å². The first kappa shape index (κ1) is 11.4. The van der Waals surface area contributed by atoms with Crippen LogP contribution >= 0.6 is 0 Å². The van der Waals surface area contributed by atoms with Gasteiger partial charge in [-0.1, -0.05) is 13.8 Å². The molecule has 0 aliphatic heterocycles. The zero-order valence-corrected chi connectivity index (χ0v) is 6.20. The Labute approximate surface area is 64.4 Å². The summed E-state index contributed by atoms with van der Waals surface area (Å²) in [5.74, 6) is 0. The molecule has 0 aromatic heterocycles. The Morgan fingerprint density at radius 3 is 2.25 bits per heavy atom. The number of rotatable bonds is 3. The van der Waals surface area contributed by atoms with Gasteiger partial charge in [-0.25, -0.2) is 0 Å². The first-order valence-electron chi connectivity index (χ1n) is 2.83. The van der Waals surface area contributed by atoms with Gasteiger partial charge in [-0.3, -0.25) is 0 Å². The van der Waals surface area contributed by atoms with Crippen LogP contribution in [0.2, 0.25) is 0 Å². The Morgan fingerprint density at radius 1 is 1.62 bits per heavy atom. The maximum atomic E-state index is 3.76. The average Bonchev–Trinajstić information content (AvgIpc) is 1.61. The molecule has 1 N–H and O–H groups in total. The number of hydrogen-bond acceptors (Lipinski definition) is 1. The van der Waals surface area contributed by atoms with Gasteiger partial charge in [-0.15, -0.1) is 6.04 Å². The molecule has 0 fully saturated rings. The van der Waals surface area contributed by atoms with Gasteiger partial charge in [0.15, 0.2) is 0 Å². The minimum absolute atomic E-state index is 0. The van der Waals surface area contributed by atoms with E-state index in [-0.39, 0.29) is 18.9 Å². The van der Waals surface area contributed by atoms with Gasteiger partial charge in [-0.2, -0.15) is 0 Å². The van der Waals surface area contributed by atoms with Crippen LogP contribution in [0, 0.1) is 6.92 Å². The molecule has 0 radical (unpaired) electrons. The third-order valence-corrected chi connectivity index (χ3v) is 0.743. The second-order valence-corrected chi connectivity index (χ2v) is 1.86. The number of nitrogens with one attached hydrogen (secondary N) is 1. The molecular weight excluding hydrogens is 93.0 g/mol. The van der Waals surface area contributed by atoms with Crippen LogP contribution in [0.3, 0.4) is 0 Å². The summed E-state index contributed by atoms with van der Waals surface area (Å²) < 4.78 is 0. The van der Waals surface area contributed by atoms with E-state index in [0.29, 0.717) is 6.04 Å². The van der Waals surface area contributed by atoms with Gasteiger partial charge < -0.3 is 12.2 Å². The first-order chi connectivity index (χ1) is 3.27. The monoisotopic (exact) mass is 107 g/mol. The van der Waals surface area contributed by atoms with Crippen molar-refractivity contribution in [3.05, 3.63) is 6.92 Å². The molecule has 2 heteroatoms. The van der Waals surface area contributed by atoms with E-state index in [2.05, 4.69) is 26.1 Å². The van der Waals surface area contributed by atoms with Crippen LogP contribution in [-0.2, 0) is 0 Å². The molecule has 0 aromatic rings. The summed E-state index contributed by atoms with van der Waals surface area (Å²) in [7, 11) is 0. The maximum Gasteiger partial charge on any atom is 1.00 e. The Bertz CT molecular complexity index is 37.5. The van der Waals surface area contributed by atoms with Gasteiger partial charge in [0.1, 0.15) is 0 Å². The molecule has 0 rings (SSSR count). The van der Waals surface area contributed by atoms with Crippen LogP contribution in [-0.4, -0.2) is 12.6 Å². The Hall–Kier alpha value is 0.557. The molecule has 0 spiro atoms. The van der Waals surface area contributed by atoms with E-state index in [4.69, 9.17) is 0 Å². The molecule has 0 saturated carbocycles. The number of hydrogen-bond donors (Lipinski definition) is 1. The van der Waals surface area contributed by atoms with Crippen molar-refractivity contribution in [2.24, 2.45) is 0 Å². The fourth-order valence-corrected chi connectivity index (χ4v) is 0.391. The third-order valence-electron chi connectivity index (χ3n) is 0.743. The Balaban J connectivity index is 0.